The predicted molar refractivity (Wildman–Crippen MR) is 359 cm³/mol. The number of amides is 1. The van der Waals surface area contributed by atoms with E-state index in [2.05, 4.69) is 129 Å². The largest absolute Gasteiger partial charge is 0.394 e. The van der Waals surface area contributed by atoms with Crippen LogP contribution in [0.3, 0.4) is 0 Å². The van der Waals surface area contributed by atoms with Crippen molar-refractivity contribution in [1.29, 1.82) is 0 Å². The Hall–Kier alpha value is -3.61. The van der Waals surface area contributed by atoms with Crippen LogP contribution in [0.2, 0.25) is 0 Å². The van der Waals surface area contributed by atoms with Crippen molar-refractivity contribution in [1.82, 2.24) is 5.32 Å². The lowest BCUT2D eigenvalue weighted by Gasteiger charge is -2.46. The van der Waals surface area contributed by atoms with E-state index in [4.69, 9.17) is 18.9 Å². The van der Waals surface area contributed by atoms with Gasteiger partial charge in [-0.05, 0) is 96.3 Å². The van der Waals surface area contributed by atoms with Crippen LogP contribution >= 0.6 is 0 Å². The Bertz CT molecular complexity index is 1940. The van der Waals surface area contributed by atoms with Crippen molar-refractivity contribution >= 4 is 5.91 Å². The van der Waals surface area contributed by atoms with Gasteiger partial charge in [-0.1, -0.05) is 264 Å². The Morgan fingerprint density at radius 2 is 0.795 bits per heavy atom. The summed E-state index contributed by atoms with van der Waals surface area (Å²) in [6, 6.07) is -0.936. The molecule has 14 heteroatoms. The van der Waals surface area contributed by atoms with Crippen molar-refractivity contribution in [2.45, 2.75) is 319 Å². The second-order valence-electron chi connectivity index (χ2n) is 23.9. The lowest BCUT2D eigenvalue weighted by atomic mass is 9.97. The fourth-order valence-electron chi connectivity index (χ4n) is 10.6. The molecule has 14 nitrogen and oxygen atoms in total. The summed E-state index contributed by atoms with van der Waals surface area (Å²) in [7, 11) is 0. The maximum absolute atomic E-state index is 13.3. The zero-order valence-electron chi connectivity index (χ0n) is 54.7. The molecule has 88 heavy (non-hydrogen) atoms. The van der Waals surface area contributed by atoms with E-state index in [1.807, 2.05) is 6.08 Å². The van der Waals surface area contributed by atoms with Gasteiger partial charge in [0.1, 0.15) is 48.8 Å². The number of unbranched alkanes of at least 4 members (excludes halogenated alkanes) is 24. The lowest BCUT2D eigenvalue weighted by molar-refractivity contribution is -0.359. The third-order valence-corrected chi connectivity index (χ3v) is 16.1. The minimum Gasteiger partial charge on any atom is -0.394 e. The first-order chi connectivity index (χ1) is 43.1. The van der Waals surface area contributed by atoms with Crippen LogP contribution in [0.1, 0.15) is 245 Å². The Labute approximate surface area is 533 Å². The average molecular weight is 1240 g/mol. The number of aliphatic hydroxyl groups is 8. The number of nitrogens with one attached hydrogen (secondary N) is 1. The summed E-state index contributed by atoms with van der Waals surface area (Å²) in [5, 5.41) is 87.1. The van der Waals surface area contributed by atoms with Gasteiger partial charge < -0.3 is 65.1 Å². The first kappa shape index (κ1) is 80.5. The smallest absolute Gasteiger partial charge is 0.220 e. The molecule has 0 spiro atoms. The average Bonchev–Trinajstić information content (AvgIpc) is 2.45. The molecule has 12 unspecified atom stereocenters. The first-order valence-corrected chi connectivity index (χ1v) is 34.8. The molecule has 0 bridgehead atoms. The third-order valence-electron chi connectivity index (χ3n) is 16.1. The van der Waals surface area contributed by atoms with Gasteiger partial charge in [0.15, 0.2) is 12.6 Å². The van der Waals surface area contributed by atoms with E-state index in [1.165, 1.54) is 128 Å². The molecule has 9 N–H and O–H groups in total. The molecule has 0 radical (unpaired) electrons. The zero-order valence-corrected chi connectivity index (χ0v) is 54.7. The molecular weight excluding hydrogens is 1110 g/mol. The van der Waals surface area contributed by atoms with E-state index in [9.17, 15) is 45.6 Å². The number of hydrogen-bond donors (Lipinski definition) is 9. The monoisotopic (exact) mass is 1240 g/mol. The van der Waals surface area contributed by atoms with E-state index < -0.39 is 86.8 Å². The summed E-state index contributed by atoms with van der Waals surface area (Å²) in [4.78, 5) is 13.3. The third kappa shape index (κ3) is 41.0. The second kappa shape index (κ2) is 57.3. The summed E-state index contributed by atoms with van der Waals surface area (Å²) in [6.45, 7) is 2.64. The molecule has 2 fully saturated rings. The van der Waals surface area contributed by atoms with Crippen molar-refractivity contribution in [3.63, 3.8) is 0 Å². The summed E-state index contributed by atoms with van der Waals surface area (Å²) >= 11 is 0. The fraction of sp³-hybridized carbons (Fsp3) is 0.716. The molecule has 2 saturated heterocycles. The Morgan fingerprint density at radius 1 is 0.420 bits per heavy atom. The van der Waals surface area contributed by atoms with Gasteiger partial charge in [-0.15, -0.1) is 0 Å². The fourth-order valence-corrected chi connectivity index (χ4v) is 10.6. The van der Waals surface area contributed by atoms with Crippen LogP contribution in [0, 0.1) is 0 Å². The van der Waals surface area contributed by atoms with Crippen LogP contribution in [0.15, 0.2) is 122 Å². The van der Waals surface area contributed by atoms with Crippen molar-refractivity contribution in [3.05, 3.63) is 122 Å². The van der Waals surface area contributed by atoms with Crippen molar-refractivity contribution in [3.8, 4) is 0 Å². The second-order valence-corrected chi connectivity index (χ2v) is 23.9. The summed E-state index contributed by atoms with van der Waals surface area (Å²) in [6.07, 6.45) is 67.0. The summed E-state index contributed by atoms with van der Waals surface area (Å²) in [5.41, 5.74) is 0. The van der Waals surface area contributed by atoms with Crippen molar-refractivity contribution in [2.24, 2.45) is 0 Å². The molecule has 0 aromatic rings. The lowest BCUT2D eigenvalue weighted by Crippen LogP contribution is -2.65. The maximum Gasteiger partial charge on any atom is 0.220 e. The van der Waals surface area contributed by atoms with Gasteiger partial charge in [0.25, 0.3) is 0 Å². The van der Waals surface area contributed by atoms with Gasteiger partial charge in [0.05, 0.1) is 32.0 Å². The first-order valence-electron chi connectivity index (χ1n) is 34.8. The highest BCUT2D eigenvalue weighted by molar-refractivity contribution is 5.76. The van der Waals surface area contributed by atoms with Crippen LogP contribution in [-0.2, 0) is 23.7 Å². The van der Waals surface area contributed by atoms with E-state index in [1.54, 1.807) is 6.08 Å². The van der Waals surface area contributed by atoms with Crippen LogP contribution in [0.4, 0.5) is 0 Å². The number of allylic oxidation sites excluding steroid dienone is 19. The van der Waals surface area contributed by atoms with Crippen LogP contribution in [0.5, 0.6) is 0 Å². The molecule has 12 atom stereocenters. The highest BCUT2D eigenvalue weighted by atomic mass is 16.7. The summed E-state index contributed by atoms with van der Waals surface area (Å²) in [5.74, 6) is -0.253. The number of hydrogen-bond acceptors (Lipinski definition) is 13. The van der Waals surface area contributed by atoms with Crippen LogP contribution < -0.4 is 5.32 Å². The quantitative estimate of drug-likeness (QED) is 0.0204. The zero-order chi connectivity index (χ0) is 63.8. The minimum atomic E-state index is -1.79. The number of aliphatic hydroxyl groups excluding tert-OH is 8. The van der Waals surface area contributed by atoms with E-state index >= 15 is 0 Å². The number of ether oxygens (including phenoxy) is 4. The number of carbonyl (C=O) groups excluding carboxylic acids is 1. The van der Waals surface area contributed by atoms with E-state index in [0.29, 0.717) is 12.8 Å². The molecular formula is C74H125NO13. The highest BCUT2D eigenvalue weighted by Gasteiger charge is 2.51. The van der Waals surface area contributed by atoms with Gasteiger partial charge >= 0.3 is 0 Å². The summed E-state index contributed by atoms with van der Waals surface area (Å²) < 4.78 is 22.8. The molecule has 0 aliphatic carbocycles. The van der Waals surface area contributed by atoms with Gasteiger partial charge in [0, 0.05) is 6.42 Å². The van der Waals surface area contributed by atoms with Crippen molar-refractivity contribution in [2.75, 3.05) is 19.8 Å². The number of rotatable bonds is 55. The Morgan fingerprint density at radius 3 is 1.25 bits per heavy atom. The van der Waals surface area contributed by atoms with E-state index in [0.717, 1.165) is 83.5 Å². The predicted octanol–water partition coefficient (Wildman–Crippen LogP) is 14.1. The Balaban J connectivity index is 1.58. The van der Waals surface area contributed by atoms with E-state index in [-0.39, 0.29) is 18.9 Å². The van der Waals surface area contributed by atoms with Gasteiger partial charge in [-0.2, -0.15) is 0 Å². The van der Waals surface area contributed by atoms with Gasteiger partial charge in [-0.25, -0.2) is 0 Å². The molecule has 2 aliphatic heterocycles. The molecule has 2 aliphatic rings. The highest BCUT2D eigenvalue weighted by Crippen LogP contribution is 2.30. The molecule has 0 aromatic carbocycles. The maximum atomic E-state index is 13.3. The van der Waals surface area contributed by atoms with Crippen molar-refractivity contribution < 1.29 is 64.6 Å². The standard InChI is InChI=1S/C74H125NO13/c1-3-5-7-9-11-13-15-17-18-19-20-21-22-23-24-25-26-27-28-29-30-31-32-33-34-35-36-37-38-39-40-41-42-43-44-46-48-50-52-54-56-58-66(79)75-62(63(78)57-55-53-51-49-47-45-16-14-12-10-8-6-4-2)61-85-73-71(84)69(82)72(65(60-77)87-73)88-74-70(83)68(81)67(80)64(59-76)86-74/h5,7,11,13,17-18,20-21,23-24,26-27,29-30,32-33,47,49,55,57,62-65,67-74,76-78,80-84H,3-4,6,8-10,12,14-16,19,22,25,28,31,34-46,48,50-54,56,58-61H2,1-2H3,(H,75,79)/b7-5-,13-11-,18-17-,21-20-,24-23-,27-26-,30-29-,33-32-,49-47+,57-55+. The molecule has 0 aromatic heterocycles. The molecule has 2 heterocycles. The van der Waals surface area contributed by atoms with Crippen LogP contribution in [0.25, 0.3) is 0 Å². The molecule has 1 amide bonds. The molecule has 504 valence electrons. The SMILES string of the molecule is CC/C=C\C/C=C\C/C=C\C/C=C\C/C=C\C/C=C\C/C=C\C/C=C\CCCCCCCCCCCCCCCCCCC(=O)NC(COC1OC(CO)C(OC2OC(CO)C(O)C(O)C2O)C(O)C1O)C(O)/C=C/CC/C=C/CCCCCCCCC. The van der Waals surface area contributed by atoms with Gasteiger partial charge in [0.2, 0.25) is 5.91 Å². The number of carbonyl (C=O) groups is 1. The topological polar surface area (TPSA) is 228 Å². The van der Waals surface area contributed by atoms with Crippen LogP contribution in [-0.4, -0.2) is 140 Å². The van der Waals surface area contributed by atoms with Gasteiger partial charge in [-0.3, -0.25) is 4.79 Å². The normalized spacial score (nSPS) is 23.9. The minimum absolute atomic E-state index is 0.253. The Kier molecular flexibility index (Phi) is 52.4. The molecule has 2 rings (SSSR count). The molecule has 0 saturated carbocycles.